The highest BCUT2D eigenvalue weighted by molar-refractivity contribution is 5.93. The molecule has 1 heterocycles. The minimum atomic E-state index is -0.543. The van der Waals surface area contributed by atoms with Crippen molar-refractivity contribution in [3.05, 3.63) is 28.1 Å². The van der Waals surface area contributed by atoms with Crippen molar-refractivity contribution >= 4 is 11.6 Å². The maximum Gasteiger partial charge on any atom is 0.287 e. The SMILES string of the molecule is C#CCCNC(=O)c1cc([N+](=O)[O-])cn1C. The first-order valence-corrected chi connectivity index (χ1v) is 4.58. The zero-order chi connectivity index (χ0) is 12.1. The van der Waals surface area contributed by atoms with Crippen molar-refractivity contribution in [1.29, 1.82) is 0 Å². The topological polar surface area (TPSA) is 77.2 Å². The first kappa shape index (κ1) is 11.8. The van der Waals surface area contributed by atoms with Crippen molar-refractivity contribution in [3.63, 3.8) is 0 Å². The number of nitrogens with one attached hydrogen (secondary N) is 1. The molecular weight excluding hydrogens is 210 g/mol. The van der Waals surface area contributed by atoms with Gasteiger partial charge in [0.2, 0.25) is 0 Å². The van der Waals surface area contributed by atoms with Crippen LogP contribution in [0, 0.1) is 22.5 Å². The molecule has 1 N–H and O–H groups in total. The Kier molecular flexibility index (Phi) is 3.67. The van der Waals surface area contributed by atoms with Gasteiger partial charge in [0, 0.05) is 26.1 Å². The van der Waals surface area contributed by atoms with E-state index in [0.717, 1.165) is 0 Å². The van der Waals surface area contributed by atoms with Crippen molar-refractivity contribution in [2.75, 3.05) is 6.54 Å². The first-order chi connectivity index (χ1) is 7.56. The van der Waals surface area contributed by atoms with Gasteiger partial charge in [0.05, 0.1) is 11.1 Å². The Hall–Kier alpha value is -2.29. The van der Waals surface area contributed by atoms with Gasteiger partial charge >= 0.3 is 0 Å². The lowest BCUT2D eigenvalue weighted by molar-refractivity contribution is -0.384. The summed E-state index contributed by atoms with van der Waals surface area (Å²) in [7, 11) is 1.57. The standard InChI is InChI=1S/C10H11N3O3/c1-3-4-5-11-10(14)9-6-8(13(15)16)7-12(9)2/h1,6-7H,4-5H2,2H3,(H,11,14). The molecule has 0 saturated heterocycles. The second-order valence-corrected chi connectivity index (χ2v) is 3.16. The van der Waals surface area contributed by atoms with Crippen molar-refractivity contribution in [2.24, 2.45) is 7.05 Å². The third-order valence-electron chi connectivity index (χ3n) is 1.99. The molecule has 0 aromatic carbocycles. The van der Waals surface area contributed by atoms with Gasteiger partial charge in [0.1, 0.15) is 5.69 Å². The molecular formula is C10H11N3O3. The summed E-state index contributed by atoms with van der Waals surface area (Å²) in [4.78, 5) is 21.5. The van der Waals surface area contributed by atoms with Gasteiger partial charge in [-0.3, -0.25) is 14.9 Å². The maximum atomic E-state index is 11.6. The molecule has 6 nitrogen and oxygen atoms in total. The van der Waals surface area contributed by atoms with Crippen molar-refractivity contribution < 1.29 is 9.72 Å². The molecule has 0 aliphatic rings. The Morgan fingerprint density at radius 1 is 1.75 bits per heavy atom. The maximum absolute atomic E-state index is 11.6. The van der Waals surface area contributed by atoms with Crippen LogP contribution in [-0.2, 0) is 7.05 Å². The molecule has 0 fully saturated rings. The molecule has 1 aromatic rings. The van der Waals surface area contributed by atoms with Gasteiger partial charge in [-0.25, -0.2) is 0 Å². The van der Waals surface area contributed by atoms with E-state index in [1.54, 1.807) is 7.05 Å². The summed E-state index contributed by atoms with van der Waals surface area (Å²) in [6, 6.07) is 1.23. The zero-order valence-corrected chi connectivity index (χ0v) is 8.77. The fourth-order valence-corrected chi connectivity index (χ4v) is 1.21. The highest BCUT2D eigenvalue weighted by Crippen LogP contribution is 2.14. The van der Waals surface area contributed by atoms with Crippen LogP contribution in [0.3, 0.4) is 0 Å². The molecule has 0 unspecified atom stereocenters. The molecule has 0 radical (unpaired) electrons. The largest absolute Gasteiger partial charge is 0.350 e. The summed E-state index contributed by atoms with van der Waals surface area (Å²) in [6.45, 7) is 0.355. The highest BCUT2D eigenvalue weighted by atomic mass is 16.6. The number of aryl methyl sites for hydroxylation is 1. The Balaban J connectivity index is 2.76. The zero-order valence-electron chi connectivity index (χ0n) is 8.77. The predicted octanol–water partition coefficient (Wildman–Crippen LogP) is 0.686. The number of nitrogens with zero attached hydrogens (tertiary/aromatic N) is 2. The number of rotatable bonds is 4. The van der Waals surface area contributed by atoms with Crippen LogP contribution in [0.25, 0.3) is 0 Å². The summed E-state index contributed by atoms with van der Waals surface area (Å²) in [5, 5.41) is 13.1. The summed E-state index contributed by atoms with van der Waals surface area (Å²) in [6.07, 6.45) is 6.75. The molecule has 16 heavy (non-hydrogen) atoms. The molecule has 1 rings (SSSR count). The molecule has 0 spiro atoms. The molecule has 0 aliphatic heterocycles. The van der Waals surface area contributed by atoms with Gasteiger partial charge < -0.3 is 9.88 Å². The van der Waals surface area contributed by atoms with E-state index in [1.165, 1.54) is 16.8 Å². The van der Waals surface area contributed by atoms with Crippen LogP contribution < -0.4 is 5.32 Å². The molecule has 0 saturated carbocycles. The molecule has 6 heteroatoms. The monoisotopic (exact) mass is 221 g/mol. The fraction of sp³-hybridized carbons (Fsp3) is 0.300. The van der Waals surface area contributed by atoms with Crippen molar-refractivity contribution in [1.82, 2.24) is 9.88 Å². The lowest BCUT2D eigenvalue weighted by Gasteiger charge is -2.02. The van der Waals surface area contributed by atoms with Crippen LogP contribution in [0.2, 0.25) is 0 Å². The number of amides is 1. The normalized spacial score (nSPS) is 9.50. The van der Waals surface area contributed by atoms with E-state index in [0.29, 0.717) is 13.0 Å². The lowest BCUT2D eigenvalue weighted by Crippen LogP contribution is -2.25. The van der Waals surface area contributed by atoms with E-state index in [2.05, 4.69) is 11.2 Å². The minimum absolute atomic E-state index is 0.107. The number of hydrogen-bond acceptors (Lipinski definition) is 3. The van der Waals surface area contributed by atoms with E-state index >= 15 is 0 Å². The quantitative estimate of drug-likeness (QED) is 0.351. The van der Waals surface area contributed by atoms with E-state index in [4.69, 9.17) is 6.42 Å². The van der Waals surface area contributed by atoms with Crippen LogP contribution in [0.1, 0.15) is 16.9 Å². The average Bonchev–Trinajstić information content (AvgIpc) is 2.61. The Labute approximate surface area is 92.4 Å². The average molecular weight is 221 g/mol. The minimum Gasteiger partial charge on any atom is -0.350 e. The first-order valence-electron chi connectivity index (χ1n) is 4.58. The third-order valence-corrected chi connectivity index (χ3v) is 1.99. The molecule has 84 valence electrons. The van der Waals surface area contributed by atoms with Gasteiger partial charge in [-0.1, -0.05) is 0 Å². The van der Waals surface area contributed by atoms with Crippen LogP contribution in [0.4, 0.5) is 5.69 Å². The highest BCUT2D eigenvalue weighted by Gasteiger charge is 2.16. The lowest BCUT2D eigenvalue weighted by atomic mass is 10.3. The molecule has 1 aromatic heterocycles. The van der Waals surface area contributed by atoms with Gasteiger partial charge in [0.25, 0.3) is 11.6 Å². The Morgan fingerprint density at radius 3 is 2.94 bits per heavy atom. The molecule has 0 atom stereocenters. The van der Waals surface area contributed by atoms with E-state index in [9.17, 15) is 14.9 Å². The fourth-order valence-electron chi connectivity index (χ4n) is 1.21. The summed E-state index contributed by atoms with van der Waals surface area (Å²) < 4.78 is 1.41. The summed E-state index contributed by atoms with van der Waals surface area (Å²) in [5.41, 5.74) is 0.133. The molecule has 0 aliphatic carbocycles. The van der Waals surface area contributed by atoms with Crippen molar-refractivity contribution in [3.8, 4) is 12.3 Å². The Bertz CT molecular complexity index is 456. The van der Waals surface area contributed by atoms with Crippen molar-refractivity contribution in [2.45, 2.75) is 6.42 Å². The second-order valence-electron chi connectivity index (χ2n) is 3.16. The second kappa shape index (κ2) is 4.98. The number of carbonyl (C=O) groups excluding carboxylic acids is 1. The van der Waals surface area contributed by atoms with Crippen LogP contribution >= 0.6 is 0 Å². The summed E-state index contributed by atoms with van der Waals surface area (Å²) >= 11 is 0. The third kappa shape index (κ3) is 2.60. The van der Waals surface area contributed by atoms with Crippen LogP contribution in [0.15, 0.2) is 12.3 Å². The van der Waals surface area contributed by atoms with Gasteiger partial charge in [-0.05, 0) is 0 Å². The smallest absolute Gasteiger partial charge is 0.287 e. The van der Waals surface area contributed by atoms with Gasteiger partial charge in [0.15, 0.2) is 0 Å². The van der Waals surface area contributed by atoms with Crippen LogP contribution in [-0.4, -0.2) is 21.9 Å². The molecule has 0 bridgehead atoms. The van der Waals surface area contributed by atoms with E-state index in [1.807, 2.05) is 0 Å². The number of terminal acetylenes is 1. The van der Waals surface area contributed by atoms with E-state index in [-0.39, 0.29) is 17.3 Å². The Morgan fingerprint density at radius 2 is 2.44 bits per heavy atom. The number of aromatic nitrogens is 1. The predicted molar refractivity (Wildman–Crippen MR) is 57.9 cm³/mol. The number of carbonyl (C=O) groups is 1. The molecule has 1 amide bonds. The number of nitro groups is 1. The van der Waals surface area contributed by atoms with Crippen LogP contribution in [0.5, 0.6) is 0 Å². The van der Waals surface area contributed by atoms with E-state index < -0.39 is 4.92 Å². The van der Waals surface area contributed by atoms with Gasteiger partial charge in [-0.2, -0.15) is 0 Å². The van der Waals surface area contributed by atoms with Gasteiger partial charge in [-0.15, -0.1) is 12.3 Å². The number of hydrogen-bond donors (Lipinski definition) is 1. The summed E-state index contributed by atoms with van der Waals surface area (Å²) in [5.74, 6) is 2.01.